The minimum absolute atomic E-state index is 0.0603. The maximum atomic E-state index is 11.6. The average Bonchev–Trinajstić information content (AvgIpc) is 2.70. The van der Waals surface area contributed by atoms with Crippen molar-refractivity contribution in [2.45, 2.75) is 39.7 Å². The third-order valence-corrected chi connectivity index (χ3v) is 2.67. The molecule has 1 aromatic heterocycles. The van der Waals surface area contributed by atoms with E-state index in [0.29, 0.717) is 12.2 Å². The first-order chi connectivity index (χ1) is 8.47. The van der Waals surface area contributed by atoms with Crippen molar-refractivity contribution in [3.63, 3.8) is 0 Å². The molecule has 18 heavy (non-hydrogen) atoms. The molecular weight excluding hydrogens is 232 g/mol. The second-order valence-corrected chi connectivity index (χ2v) is 4.55. The van der Waals surface area contributed by atoms with Crippen LogP contribution in [-0.2, 0) is 11.3 Å². The van der Waals surface area contributed by atoms with E-state index in [-0.39, 0.29) is 23.9 Å². The molecule has 100 valence electrons. The van der Waals surface area contributed by atoms with Gasteiger partial charge in [0.25, 0.3) is 0 Å². The predicted molar refractivity (Wildman–Crippen MR) is 68.8 cm³/mol. The summed E-state index contributed by atoms with van der Waals surface area (Å²) in [6.45, 7) is 6.63. The average molecular weight is 252 g/mol. The van der Waals surface area contributed by atoms with Crippen molar-refractivity contribution >= 4 is 11.9 Å². The number of carbonyl (C=O) groups is 2. The standard InChI is InChI=1S/C13H20N2O3/c1-4-6-14-11(16)8-15-7-5-10(13(17)18)12(15)9(2)3/h5,7,9H,4,6,8H2,1-3H3,(H,14,16)(H,17,18). The molecule has 5 nitrogen and oxygen atoms in total. The molecule has 0 aliphatic carbocycles. The lowest BCUT2D eigenvalue weighted by atomic mass is 10.1. The van der Waals surface area contributed by atoms with Gasteiger partial charge in [-0.1, -0.05) is 20.8 Å². The van der Waals surface area contributed by atoms with Gasteiger partial charge in [-0.05, 0) is 18.4 Å². The molecule has 0 bridgehead atoms. The molecule has 1 rings (SSSR count). The van der Waals surface area contributed by atoms with Crippen LogP contribution in [0.3, 0.4) is 0 Å². The number of hydrogen-bond donors (Lipinski definition) is 2. The van der Waals surface area contributed by atoms with Crippen molar-refractivity contribution in [1.82, 2.24) is 9.88 Å². The van der Waals surface area contributed by atoms with E-state index in [1.165, 1.54) is 0 Å². The van der Waals surface area contributed by atoms with Crippen molar-refractivity contribution in [3.05, 3.63) is 23.5 Å². The fourth-order valence-electron chi connectivity index (χ4n) is 1.92. The van der Waals surface area contributed by atoms with Crippen LogP contribution in [0.2, 0.25) is 0 Å². The van der Waals surface area contributed by atoms with Gasteiger partial charge in [0, 0.05) is 18.4 Å². The topological polar surface area (TPSA) is 71.3 Å². The molecule has 0 unspecified atom stereocenters. The summed E-state index contributed by atoms with van der Waals surface area (Å²) in [6, 6.07) is 1.55. The van der Waals surface area contributed by atoms with E-state index in [0.717, 1.165) is 6.42 Å². The Bertz CT molecular complexity index is 435. The molecular formula is C13H20N2O3. The van der Waals surface area contributed by atoms with Gasteiger partial charge in [0.2, 0.25) is 5.91 Å². The van der Waals surface area contributed by atoms with Crippen LogP contribution >= 0.6 is 0 Å². The van der Waals surface area contributed by atoms with Gasteiger partial charge in [-0.25, -0.2) is 4.79 Å². The Morgan fingerprint density at radius 3 is 2.61 bits per heavy atom. The summed E-state index contributed by atoms with van der Waals surface area (Å²) < 4.78 is 1.71. The highest BCUT2D eigenvalue weighted by atomic mass is 16.4. The molecule has 0 aromatic carbocycles. The number of carboxylic acids is 1. The Morgan fingerprint density at radius 1 is 1.44 bits per heavy atom. The zero-order chi connectivity index (χ0) is 13.7. The second kappa shape index (κ2) is 6.23. The number of carbonyl (C=O) groups excluding carboxylic acids is 1. The molecule has 1 amide bonds. The monoisotopic (exact) mass is 252 g/mol. The first-order valence-corrected chi connectivity index (χ1v) is 6.16. The number of aromatic carboxylic acids is 1. The van der Waals surface area contributed by atoms with Crippen LogP contribution in [0, 0.1) is 0 Å². The number of rotatable bonds is 6. The molecule has 0 atom stereocenters. The van der Waals surface area contributed by atoms with Gasteiger partial charge in [-0.2, -0.15) is 0 Å². The van der Waals surface area contributed by atoms with E-state index in [1.807, 2.05) is 20.8 Å². The van der Waals surface area contributed by atoms with Crippen molar-refractivity contribution in [1.29, 1.82) is 0 Å². The highest BCUT2D eigenvalue weighted by Crippen LogP contribution is 2.21. The number of amides is 1. The van der Waals surface area contributed by atoms with Gasteiger partial charge in [0.15, 0.2) is 0 Å². The van der Waals surface area contributed by atoms with E-state index < -0.39 is 5.97 Å². The maximum Gasteiger partial charge on any atom is 0.337 e. The molecule has 0 spiro atoms. The van der Waals surface area contributed by atoms with Gasteiger partial charge in [0.05, 0.1) is 5.56 Å². The molecule has 0 saturated carbocycles. The summed E-state index contributed by atoms with van der Waals surface area (Å²) in [4.78, 5) is 22.7. The van der Waals surface area contributed by atoms with E-state index in [1.54, 1.807) is 16.8 Å². The SMILES string of the molecule is CCCNC(=O)Cn1ccc(C(=O)O)c1C(C)C. The number of carboxylic acid groups (broad SMARTS) is 1. The number of aromatic nitrogens is 1. The van der Waals surface area contributed by atoms with Gasteiger partial charge < -0.3 is 15.0 Å². The lowest BCUT2D eigenvalue weighted by molar-refractivity contribution is -0.121. The predicted octanol–water partition coefficient (Wildman–Crippen LogP) is 1.84. The first kappa shape index (κ1) is 14.3. The van der Waals surface area contributed by atoms with Crippen LogP contribution in [0.4, 0.5) is 0 Å². The van der Waals surface area contributed by atoms with Crippen LogP contribution < -0.4 is 5.32 Å². The molecule has 0 aliphatic heterocycles. The Balaban J connectivity index is 2.89. The summed E-state index contributed by atoms with van der Waals surface area (Å²) in [7, 11) is 0. The zero-order valence-electron chi connectivity index (χ0n) is 11.1. The lowest BCUT2D eigenvalue weighted by Crippen LogP contribution is -2.28. The Labute approximate surface area is 107 Å². The summed E-state index contributed by atoms with van der Waals surface area (Å²) in [6.07, 6.45) is 2.54. The number of hydrogen-bond acceptors (Lipinski definition) is 2. The molecule has 0 aliphatic rings. The molecule has 0 radical (unpaired) electrons. The van der Waals surface area contributed by atoms with Crippen LogP contribution in [-0.4, -0.2) is 28.1 Å². The Morgan fingerprint density at radius 2 is 2.11 bits per heavy atom. The third-order valence-electron chi connectivity index (χ3n) is 2.67. The van der Waals surface area contributed by atoms with Gasteiger partial charge in [0.1, 0.15) is 6.54 Å². The maximum absolute atomic E-state index is 11.6. The van der Waals surface area contributed by atoms with E-state index in [2.05, 4.69) is 5.32 Å². The Hall–Kier alpha value is -1.78. The van der Waals surface area contributed by atoms with E-state index >= 15 is 0 Å². The zero-order valence-corrected chi connectivity index (χ0v) is 11.1. The molecule has 0 fully saturated rings. The van der Waals surface area contributed by atoms with Gasteiger partial charge in [-0.15, -0.1) is 0 Å². The summed E-state index contributed by atoms with van der Waals surface area (Å²) >= 11 is 0. The molecule has 0 saturated heterocycles. The normalized spacial score (nSPS) is 10.7. The van der Waals surface area contributed by atoms with Crippen LogP contribution in [0.1, 0.15) is 49.2 Å². The van der Waals surface area contributed by atoms with Crippen LogP contribution in [0.15, 0.2) is 12.3 Å². The molecule has 1 heterocycles. The number of nitrogens with zero attached hydrogens (tertiary/aromatic N) is 1. The van der Waals surface area contributed by atoms with E-state index in [4.69, 9.17) is 5.11 Å². The summed E-state index contributed by atoms with van der Waals surface area (Å²) in [5.74, 6) is -0.984. The van der Waals surface area contributed by atoms with Crippen molar-refractivity contribution < 1.29 is 14.7 Å². The minimum atomic E-state index is -0.952. The summed E-state index contributed by atoms with van der Waals surface area (Å²) in [5, 5.41) is 11.9. The fourth-order valence-corrected chi connectivity index (χ4v) is 1.92. The minimum Gasteiger partial charge on any atom is -0.478 e. The van der Waals surface area contributed by atoms with Crippen molar-refractivity contribution in [3.8, 4) is 0 Å². The van der Waals surface area contributed by atoms with Crippen molar-refractivity contribution in [2.24, 2.45) is 0 Å². The van der Waals surface area contributed by atoms with Gasteiger partial charge >= 0.3 is 5.97 Å². The highest BCUT2D eigenvalue weighted by Gasteiger charge is 2.18. The molecule has 5 heteroatoms. The largest absolute Gasteiger partial charge is 0.478 e. The fraction of sp³-hybridized carbons (Fsp3) is 0.538. The quantitative estimate of drug-likeness (QED) is 0.811. The second-order valence-electron chi connectivity index (χ2n) is 4.55. The third kappa shape index (κ3) is 3.35. The smallest absolute Gasteiger partial charge is 0.337 e. The Kier molecular flexibility index (Phi) is 4.95. The number of nitrogens with one attached hydrogen (secondary N) is 1. The first-order valence-electron chi connectivity index (χ1n) is 6.16. The molecule has 2 N–H and O–H groups in total. The van der Waals surface area contributed by atoms with Crippen molar-refractivity contribution in [2.75, 3.05) is 6.54 Å². The molecule has 1 aromatic rings. The van der Waals surface area contributed by atoms with Crippen LogP contribution in [0.5, 0.6) is 0 Å². The van der Waals surface area contributed by atoms with E-state index in [9.17, 15) is 9.59 Å². The highest BCUT2D eigenvalue weighted by molar-refractivity contribution is 5.89. The summed E-state index contributed by atoms with van der Waals surface area (Å²) in [5.41, 5.74) is 0.961. The van der Waals surface area contributed by atoms with Gasteiger partial charge in [-0.3, -0.25) is 4.79 Å². The lowest BCUT2D eigenvalue weighted by Gasteiger charge is -2.13. The van der Waals surface area contributed by atoms with Crippen LogP contribution in [0.25, 0.3) is 0 Å².